The Kier molecular flexibility index (Phi) is 15.1. The van der Waals surface area contributed by atoms with Crippen molar-refractivity contribution < 1.29 is 4.74 Å². The van der Waals surface area contributed by atoms with Crippen LogP contribution in [0.15, 0.2) is 0 Å². The lowest BCUT2D eigenvalue weighted by molar-refractivity contribution is 0.0823. The first-order chi connectivity index (χ1) is 9.74. The van der Waals surface area contributed by atoms with Crippen LogP contribution in [0.25, 0.3) is 0 Å². The summed E-state index contributed by atoms with van der Waals surface area (Å²) in [6, 6.07) is 0. The highest BCUT2D eigenvalue weighted by Crippen LogP contribution is 2.02. The van der Waals surface area contributed by atoms with Gasteiger partial charge in [-0.15, -0.1) is 0 Å². The highest BCUT2D eigenvalue weighted by atomic mass is 16.5. The lowest BCUT2D eigenvalue weighted by Gasteiger charge is -2.20. The zero-order valence-electron chi connectivity index (χ0n) is 14.2. The summed E-state index contributed by atoms with van der Waals surface area (Å²) in [6.07, 6.45) is 7.75. The van der Waals surface area contributed by atoms with Gasteiger partial charge in [0.05, 0.1) is 6.10 Å². The lowest BCUT2D eigenvalue weighted by Crippen LogP contribution is -2.33. The molecule has 0 spiro atoms. The van der Waals surface area contributed by atoms with Gasteiger partial charge in [-0.1, -0.05) is 20.3 Å². The molecular formula is C16H37N3O. The van der Waals surface area contributed by atoms with Crippen molar-refractivity contribution in [2.24, 2.45) is 0 Å². The monoisotopic (exact) mass is 287 g/mol. The molecule has 0 aromatic rings. The molecule has 0 saturated carbocycles. The van der Waals surface area contributed by atoms with E-state index in [4.69, 9.17) is 4.74 Å². The van der Waals surface area contributed by atoms with Crippen molar-refractivity contribution in [1.82, 2.24) is 15.5 Å². The van der Waals surface area contributed by atoms with Crippen molar-refractivity contribution in [3.63, 3.8) is 0 Å². The minimum absolute atomic E-state index is 0.410. The van der Waals surface area contributed by atoms with E-state index in [0.717, 1.165) is 39.1 Å². The third kappa shape index (κ3) is 12.9. The van der Waals surface area contributed by atoms with Crippen LogP contribution < -0.4 is 10.6 Å². The molecule has 0 bridgehead atoms. The molecule has 4 heteroatoms. The third-order valence-corrected chi connectivity index (χ3v) is 3.64. The first-order valence-electron chi connectivity index (χ1n) is 8.37. The highest BCUT2D eigenvalue weighted by Gasteiger charge is 2.05. The smallest absolute Gasteiger partial charge is 0.0581 e. The molecule has 1 atom stereocenters. The molecule has 0 saturated heterocycles. The van der Waals surface area contributed by atoms with Crippen LogP contribution in [0.2, 0.25) is 0 Å². The topological polar surface area (TPSA) is 36.5 Å². The number of hydrogen-bond acceptors (Lipinski definition) is 4. The Morgan fingerprint density at radius 1 is 1.00 bits per heavy atom. The molecule has 122 valence electrons. The van der Waals surface area contributed by atoms with E-state index in [2.05, 4.69) is 36.4 Å². The summed E-state index contributed by atoms with van der Waals surface area (Å²) in [5.74, 6) is 0. The van der Waals surface area contributed by atoms with Crippen LogP contribution in [0.4, 0.5) is 0 Å². The summed E-state index contributed by atoms with van der Waals surface area (Å²) in [5.41, 5.74) is 0. The predicted octanol–water partition coefficient (Wildman–Crippen LogP) is 2.45. The summed E-state index contributed by atoms with van der Waals surface area (Å²) < 4.78 is 5.39. The van der Waals surface area contributed by atoms with E-state index in [1.807, 2.05) is 7.11 Å². The molecule has 0 aromatic heterocycles. The minimum Gasteiger partial charge on any atom is -0.381 e. The van der Waals surface area contributed by atoms with E-state index in [-0.39, 0.29) is 0 Å². The molecule has 0 rings (SSSR count). The van der Waals surface area contributed by atoms with Gasteiger partial charge < -0.3 is 15.4 Å². The number of methoxy groups -OCH3 is 1. The summed E-state index contributed by atoms with van der Waals surface area (Å²) in [6.45, 7) is 9.92. The van der Waals surface area contributed by atoms with Crippen molar-refractivity contribution >= 4 is 0 Å². The average Bonchev–Trinajstić information content (AvgIpc) is 2.46. The van der Waals surface area contributed by atoms with Gasteiger partial charge >= 0.3 is 0 Å². The molecule has 0 radical (unpaired) electrons. The van der Waals surface area contributed by atoms with E-state index < -0.39 is 0 Å². The fourth-order valence-corrected chi connectivity index (χ4v) is 2.18. The Balaban J connectivity index is 3.24. The van der Waals surface area contributed by atoms with Crippen molar-refractivity contribution in [1.29, 1.82) is 0 Å². The molecule has 0 aliphatic rings. The maximum atomic E-state index is 5.39. The molecular weight excluding hydrogens is 250 g/mol. The van der Waals surface area contributed by atoms with Gasteiger partial charge in [0.1, 0.15) is 0 Å². The zero-order chi connectivity index (χ0) is 15.1. The minimum atomic E-state index is 0.410. The van der Waals surface area contributed by atoms with Crippen molar-refractivity contribution in [2.75, 3.05) is 47.0 Å². The second-order valence-electron chi connectivity index (χ2n) is 5.60. The van der Waals surface area contributed by atoms with E-state index in [1.165, 1.54) is 32.2 Å². The van der Waals surface area contributed by atoms with Crippen molar-refractivity contribution in [2.45, 2.75) is 58.5 Å². The van der Waals surface area contributed by atoms with Gasteiger partial charge in [-0.25, -0.2) is 0 Å². The molecule has 0 heterocycles. The van der Waals surface area contributed by atoms with E-state index in [9.17, 15) is 0 Å². The molecule has 20 heavy (non-hydrogen) atoms. The number of ether oxygens (including phenoxy) is 1. The first kappa shape index (κ1) is 19.8. The fraction of sp³-hybridized carbons (Fsp3) is 1.00. The van der Waals surface area contributed by atoms with Crippen LogP contribution in [0, 0.1) is 0 Å². The van der Waals surface area contributed by atoms with Crippen molar-refractivity contribution in [3.05, 3.63) is 0 Å². The first-order valence-corrected chi connectivity index (χ1v) is 8.37. The zero-order valence-corrected chi connectivity index (χ0v) is 14.2. The quantitative estimate of drug-likeness (QED) is 0.358. The maximum Gasteiger partial charge on any atom is 0.0581 e. The second kappa shape index (κ2) is 15.2. The predicted molar refractivity (Wildman–Crippen MR) is 88.2 cm³/mol. The number of nitrogens with one attached hydrogen (secondary N) is 2. The average molecular weight is 287 g/mol. The van der Waals surface area contributed by atoms with Gasteiger partial charge in [-0.05, 0) is 58.8 Å². The van der Waals surface area contributed by atoms with Crippen LogP contribution in [-0.2, 0) is 4.74 Å². The van der Waals surface area contributed by atoms with Gasteiger partial charge in [-0.3, -0.25) is 4.90 Å². The van der Waals surface area contributed by atoms with Gasteiger partial charge in [0, 0.05) is 20.3 Å². The molecule has 0 fully saturated rings. The molecule has 2 N–H and O–H groups in total. The normalized spacial score (nSPS) is 13.1. The number of unbranched alkanes of at least 4 members (excludes halogenated alkanes) is 2. The van der Waals surface area contributed by atoms with Crippen LogP contribution >= 0.6 is 0 Å². The molecule has 4 nitrogen and oxygen atoms in total. The Hall–Kier alpha value is -0.160. The maximum absolute atomic E-state index is 5.39. The number of rotatable bonds is 15. The lowest BCUT2D eigenvalue weighted by atomic mass is 10.2. The van der Waals surface area contributed by atoms with Gasteiger partial charge in [0.2, 0.25) is 0 Å². The van der Waals surface area contributed by atoms with Gasteiger partial charge in [-0.2, -0.15) is 0 Å². The highest BCUT2D eigenvalue weighted by molar-refractivity contribution is 4.59. The van der Waals surface area contributed by atoms with Crippen molar-refractivity contribution in [3.8, 4) is 0 Å². The summed E-state index contributed by atoms with van der Waals surface area (Å²) in [4.78, 5) is 2.34. The Bertz CT molecular complexity index is 187. The van der Waals surface area contributed by atoms with E-state index in [0.29, 0.717) is 6.10 Å². The van der Waals surface area contributed by atoms with E-state index >= 15 is 0 Å². The molecule has 0 aromatic carbocycles. The molecule has 0 aliphatic heterocycles. The van der Waals surface area contributed by atoms with Gasteiger partial charge in [0.25, 0.3) is 0 Å². The molecule has 0 unspecified atom stereocenters. The number of hydrogen-bond donors (Lipinski definition) is 2. The van der Waals surface area contributed by atoms with Crippen LogP contribution in [0.1, 0.15) is 52.4 Å². The summed E-state index contributed by atoms with van der Waals surface area (Å²) in [7, 11) is 3.98. The van der Waals surface area contributed by atoms with Crippen LogP contribution in [0.3, 0.4) is 0 Å². The largest absolute Gasteiger partial charge is 0.381 e. The molecule has 0 aliphatic carbocycles. The summed E-state index contributed by atoms with van der Waals surface area (Å²) in [5, 5.41) is 6.95. The second-order valence-corrected chi connectivity index (χ2v) is 5.60. The Morgan fingerprint density at radius 3 is 2.30 bits per heavy atom. The number of nitrogens with zero attached hydrogens (tertiary/aromatic N) is 1. The molecule has 0 amide bonds. The van der Waals surface area contributed by atoms with E-state index in [1.54, 1.807) is 0 Å². The van der Waals surface area contributed by atoms with Gasteiger partial charge in [0.15, 0.2) is 0 Å². The third-order valence-electron chi connectivity index (χ3n) is 3.64. The summed E-state index contributed by atoms with van der Waals surface area (Å²) >= 11 is 0. The van der Waals surface area contributed by atoms with Crippen LogP contribution in [-0.4, -0.2) is 58.0 Å². The fourth-order valence-electron chi connectivity index (χ4n) is 2.18. The Labute approximate surface area is 126 Å². The van der Waals surface area contributed by atoms with Crippen LogP contribution in [0.5, 0.6) is 0 Å². The standard InChI is InChI=1S/C16H37N3O/c1-5-11-17-12-8-7-9-13-18-15-19(3)14-10-16(6-2)20-4/h16-18H,5-15H2,1-4H3/t16-/m0/s1. The SMILES string of the molecule is CCCNCCCCCNCN(C)CC[C@H](CC)OC. The Morgan fingerprint density at radius 2 is 1.70 bits per heavy atom.